The molecule has 4 N–H and O–H groups in total. The Morgan fingerprint density at radius 1 is 1.07 bits per heavy atom. The number of aryl methyl sites for hydroxylation is 2. The number of aliphatic hydroxyl groups is 1. The van der Waals surface area contributed by atoms with Crippen LogP contribution in [0.3, 0.4) is 0 Å². The van der Waals surface area contributed by atoms with Crippen molar-refractivity contribution in [1.29, 1.82) is 0 Å². The van der Waals surface area contributed by atoms with E-state index in [9.17, 15) is 24.2 Å². The number of hydrogen-bond donors (Lipinski definition) is 4. The number of halogens is 1. The molecule has 0 radical (unpaired) electrons. The minimum Gasteiger partial charge on any atom is -0.504 e. The molecular weight excluding hydrogens is 800 g/mol. The smallest absolute Gasteiger partial charge is 0.254 e. The number of aromatic amines is 1. The number of aromatic hydroxyl groups is 1. The average molecular weight is 849 g/mol. The number of fused-ring (bicyclic) bond motifs is 2. The predicted octanol–water partition coefficient (Wildman–Crippen LogP) is 6.50. The van der Waals surface area contributed by atoms with Crippen molar-refractivity contribution in [3.63, 3.8) is 0 Å². The summed E-state index contributed by atoms with van der Waals surface area (Å²) in [6, 6.07) is 14.7. The van der Waals surface area contributed by atoms with Crippen LogP contribution in [0.1, 0.15) is 73.3 Å². The van der Waals surface area contributed by atoms with E-state index in [0.29, 0.717) is 53.6 Å². The summed E-state index contributed by atoms with van der Waals surface area (Å²) in [5, 5.41) is 37.7. The molecule has 16 heteroatoms. The number of ether oxygens (including phenoxy) is 1. The Labute approximate surface area is 356 Å². The summed E-state index contributed by atoms with van der Waals surface area (Å²) in [4.78, 5) is 40.6. The van der Waals surface area contributed by atoms with Gasteiger partial charge in [0.15, 0.2) is 23.0 Å². The lowest BCUT2D eigenvalue weighted by Gasteiger charge is -2.29. The number of benzene rings is 2. The number of thiazole rings is 1. The number of H-pyrrole nitrogens is 1. The van der Waals surface area contributed by atoms with Gasteiger partial charge in [0.2, 0.25) is 11.8 Å². The topological polar surface area (TPSA) is 183 Å². The van der Waals surface area contributed by atoms with E-state index < -0.39 is 29.6 Å². The van der Waals surface area contributed by atoms with Gasteiger partial charge in [-0.25, -0.2) is 9.37 Å². The Hall–Kier alpha value is -5.71. The molecule has 0 bridgehead atoms. The highest BCUT2D eigenvalue weighted by atomic mass is 32.1. The molecule has 318 valence electrons. The van der Waals surface area contributed by atoms with Crippen molar-refractivity contribution in [3.05, 3.63) is 94.2 Å². The van der Waals surface area contributed by atoms with E-state index in [-0.39, 0.29) is 42.6 Å². The zero-order chi connectivity index (χ0) is 42.7. The van der Waals surface area contributed by atoms with Crippen LogP contribution in [0.15, 0.2) is 64.6 Å². The molecule has 2 aliphatic heterocycles. The van der Waals surface area contributed by atoms with E-state index in [2.05, 4.69) is 42.5 Å². The molecule has 1 saturated carbocycles. The van der Waals surface area contributed by atoms with Crippen molar-refractivity contribution < 1.29 is 33.5 Å². The van der Waals surface area contributed by atoms with E-state index in [1.54, 1.807) is 23.5 Å². The molecule has 6 aromatic rings. The number of likely N-dealkylation sites (tertiary alicyclic amines) is 2. The van der Waals surface area contributed by atoms with Crippen LogP contribution in [0.25, 0.3) is 32.7 Å². The van der Waals surface area contributed by atoms with Gasteiger partial charge < -0.3 is 34.7 Å². The number of piperidine rings is 1. The largest absolute Gasteiger partial charge is 0.504 e. The molecule has 2 amide bonds. The van der Waals surface area contributed by atoms with Gasteiger partial charge in [-0.15, -0.1) is 21.5 Å². The summed E-state index contributed by atoms with van der Waals surface area (Å²) in [5.41, 5.74) is 8.42. The van der Waals surface area contributed by atoms with Crippen LogP contribution < -0.4 is 10.1 Å². The second-order valence-corrected chi connectivity index (χ2v) is 17.9. The molecule has 1 aliphatic carbocycles. The third-order valence-electron chi connectivity index (χ3n) is 12.8. The van der Waals surface area contributed by atoms with Crippen LogP contribution in [-0.2, 0) is 9.59 Å². The molecular formula is C45H49FN8O6S. The van der Waals surface area contributed by atoms with Crippen LogP contribution in [0, 0.1) is 37.4 Å². The second-order valence-electron chi connectivity index (χ2n) is 17.1. The molecule has 2 saturated heterocycles. The Kier molecular flexibility index (Phi) is 10.9. The summed E-state index contributed by atoms with van der Waals surface area (Å²) in [6.45, 7) is 12.8. The van der Waals surface area contributed by atoms with Gasteiger partial charge in [0.1, 0.15) is 18.6 Å². The van der Waals surface area contributed by atoms with Crippen LogP contribution in [0.2, 0.25) is 0 Å². The van der Waals surface area contributed by atoms with Gasteiger partial charge in [-0.3, -0.25) is 14.5 Å². The molecule has 4 aromatic heterocycles. The third kappa shape index (κ3) is 7.76. The minimum atomic E-state index is -0.834. The lowest BCUT2D eigenvalue weighted by molar-refractivity contribution is -0.141. The van der Waals surface area contributed by atoms with Crippen LogP contribution in [-0.4, -0.2) is 102 Å². The highest BCUT2D eigenvalue weighted by Gasteiger charge is 2.57. The molecule has 9 rings (SSSR count). The molecule has 2 aromatic carbocycles. The van der Waals surface area contributed by atoms with E-state index >= 15 is 0 Å². The first-order chi connectivity index (χ1) is 29.4. The molecule has 7 atom stereocenters. The first-order valence-electron chi connectivity index (χ1n) is 20.8. The van der Waals surface area contributed by atoms with Gasteiger partial charge in [-0.2, -0.15) is 0 Å². The molecule has 6 heterocycles. The van der Waals surface area contributed by atoms with Crippen LogP contribution in [0.4, 0.5) is 4.39 Å². The standard InChI is InChI=1S/C45H49FN8O6S/c1-22(2)38(45(58)54-18-28(55)15-35(54)44(57)48-24(4)26-9-11-27(12-10-26)42-25(5)47-21-61-42)36-17-37(52-60-36)59-14-13-53-19-31-32(20-53)39(31)40-23(3)30-16-34(50-51-43(30)49-40)29-7-6-8-33(46)41(29)56/h6-12,16-17,21-22,24,28,31-32,35,38-39,55-56H,13-15,18-20H2,1-5H3,(H,48,57)(H,49,51)/t24-,28+,31-,32+,35-,38+,39+/m0/s1. The third-order valence-corrected chi connectivity index (χ3v) is 13.7. The Bertz CT molecular complexity index is 2580. The molecule has 3 aliphatic rings. The van der Waals surface area contributed by atoms with Crippen molar-refractivity contribution in [2.75, 3.05) is 32.8 Å². The van der Waals surface area contributed by atoms with E-state index in [1.807, 2.05) is 63.5 Å². The number of carbonyl (C=O) groups excluding carboxylic acids is 2. The summed E-state index contributed by atoms with van der Waals surface area (Å²) in [6.07, 6.45) is -0.688. The molecule has 61 heavy (non-hydrogen) atoms. The van der Waals surface area contributed by atoms with Gasteiger partial charge in [-0.05, 0) is 78.6 Å². The Balaban J connectivity index is 0.780. The van der Waals surface area contributed by atoms with Gasteiger partial charge in [0.05, 0.1) is 33.9 Å². The van der Waals surface area contributed by atoms with Crippen LogP contribution >= 0.6 is 11.3 Å². The molecule has 14 nitrogen and oxygen atoms in total. The van der Waals surface area contributed by atoms with Crippen molar-refractivity contribution in [1.82, 2.24) is 40.4 Å². The zero-order valence-corrected chi connectivity index (χ0v) is 35.4. The lowest BCUT2D eigenvalue weighted by Crippen LogP contribution is -2.48. The molecule has 0 spiro atoms. The van der Waals surface area contributed by atoms with Gasteiger partial charge in [-0.1, -0.05) is 44.2 Å². The number of β-amino-alcohol motifs (C(OH)–C–C–N with tert-alkyl or cyclic N) is 1. The quantitative estimate of drug-likeness (QED) is 0.0996. The maximum atomic E-state index is 14.2. The Morgan fingerprint density at radius 2 is 1.84 bits per heavy atom. The fraction of sp³-hybridized carbons (Fsp3) is 0.422. The highest BCUT2D eigenvalue weighted by Crippen LogP contribution is 2.59. The number of para-hydroxylation sites is 1. The van der Waals surface area contributed by atoms with Crippen molar-refractivity contribution in [2.45, 2.75) is 71.1 Å². The molecule has 0 unspecified atom stereocenters. The molecule has 3 fully saturated rings. The summed E-state index contributed by atoms with van der Waals surface area (Å²) >= 11 is 1.59. The maximum Gasteiger partial charge on any atom is 0.254 e. The summed E-state index contributed by atoms with van der Waals surface area (Å²) in [5.74, 6) is -0.676. The number of phenolic OH excluding ortho intramolecular Hbond substituents is 1. The number of nitrogens with one attached hydrogen (secondary N) is 2. The number of nitrogens with zero attached hydrogens (tertiary/aromatic N) is 6. The van der Waals surface area contributed by atoms with Gasteiger partial charge in [0.25, 0.3) is 5.88 Å². The Morgan fingerprint density at radius 3 is 2.56 bits per heavy atom. The monoisotopic (exact) mass is 848 g/mol. The fourth-order valence-corrected chi connectivity index (χ4v) is 10.2. The maximum absolute atomic E-state index is 14.2. The highest BCUT2D eigenvalue weighted by molar-refractivity contribution is 7.13. The second kappa shape index (κ2) is 16.3. The first-order valence-corrected chi connectivity index (χ1v) is 21.7. The minimum absolute atomic E-state index is 0.0461. The number of amides is 2. The fourth-order valence-electron chi connectivity index (χ4n) is 9.43. The van der Waals surface area contributed by atoms with E-state index in [1.165, 1.54) is 17.0 Å². The van der Waals surface area contributed by atoms with Crippen molar-refractivity contribution in [2.24, 2.45) is 17.8 Å². The van der Waals surface area contributed by atoms with Crippen LogP contribution in [0.5, 0.6) is 11.6 Å². The SMILES string of the molecule is Cc1ncsc1-c1ccc([C@H](C)NC(=O)[C@@H]2C[C@@H](O)CN2C(=O)[C@@H](c2cc(OCCN3C[C@@H]4[C@H](C3)[C@H]4c3[nH]c4nnc(-c5cccc(F)c5O)cc4c3C)no2)C(C)C)cc1. The first kappa shape index (κ1) is 40.7. The van der Waals surface area contributed by atoms with Gasteiger partial charge >= 0.3 is 0 Å². The number of hydrogen-bond acceptors (Lipinski definition) is 12. The predicted molar refractivity (Wildman–Crippen MR) is 226 cm³/mol. The van der Waals surface area contributed by atoms with Crippen molar-refractivity contribution in [3.8, 4) is 33.3 Å². The van der Waals surface area contributed by atoms with E-state index in [0.717, 1.165) is 51.4 Å². The number of aromatic nitrogens is 5. The number of rotatable bonds is 13. The normalized spacial score (nSPS) is 22.2. The van der Waals surface area contributed by atoms with E-state index in [4.69, 9.17) is 9.26 Å². The number of carbonyl (C=O) groups is 2. The number of aliphatic hydroxyl groups excluding tert-OH is 1. The number of phenols is 1. The summed E-state index contributed by atoms with van der Waals surface area (Å²) in [7, 11) is 0. The average Bonchev–Trinajstić information content (AvgIpc) is 3.91. The zero-order valence-electron chi connectivity index (χ0n) is 34.6. The summed E-state index contributed by atoms with van der Waals surface area (Å²) < 4.78 is 25.7. The van der Waals surface area contributed by atoms with Gasteiger partial charge in [0, 0.05) is 61.2 Å². The lowest BCUT2D eigenvalue weighted by atomic mass is 9.91. The van der Waals surface area contributed by atoms with Crippen molar-refractivity contribution >= 4 is 34.2 Å².